The highest BCUT2D eigenvalue weighted by Gasteiger charge is 2.39. The van der Waals surface area contributed by atoms with Crippen molar-refractivity contribution in [3.05, 3.63) is 282 Å². The third-order valence-corrected chi connectivity index (χ3v) is 15.0. The van der Waals surface area contributed by atoms with E-state index >= 15 is 0 Å². The Balaban J connectivity index is 0.000000239. The van der Waals surface area contributed by atoms with Gasteiger partial charge in [0.25, 0.3) is 6.71 Å². The third kappa shape index (κ3) is 9.76. The molecule has 3 nitrogen and oxygen atoms in total. The summed E-state index contributed by atoms with van der Waals surface area (Å²) in [4.78, 5) is 2.36. The summed E-state index contributed by atoms with van der Waals surface area (Å²) in [6.07, 6.45) is 7.29. The Bertz CT molecular complexity index is 3850. The van der Waals surface area contributed by atoms with Crippen LogP contribution >= 0.6 is 0 Å². The SMILES string of the molecule is C=CC1=C(/C=C\C)B2c3ccc(N(c4ccc(C)cc4)c4ccc(C)c(-c5ccccc5C)c4)cc3Oc3cc(-c4ccc5ccccc5c4)cc(c32)C1.Cc1ccccc1-c1cc(Nc2ccccc2)ccc1C. The largest absolute Gasteiger partial charge is 0.458 e. The summed E-state index contributed by atoms with van der Waals surface area (Å²) in [6.45, 7) is 17.3. The van der Waals surface area contributed by atoms with Crippen LogP contribution in [0.4, 0.5) is 28.4 Å². The first-order valence-electron chi connectivity index (χ1n) is 26.1. The Hall–Kier alpha value is -8.86. The number of anilines is 5. The molecule has 4 heteroatoms. The second-order valence-electron chi connectivity index (χ2n) is 20.0. The van der Waals surface area contributed by atoms with E-state index in [0.29, 0.717) is 0 Å². The molecule has 0 bridgehead atoms. The van der Waals surface area contributed by atoms with Gasteiger partial charge in [-0.25, -0.2) is 0 Å². The maximum absolute atomic E-state index is 7.08. The average molecular weight is 969 g/mol. The van der Waals surface area contributed by atoms with Crippen molar-refractivity contribution in [2.45, 2.75) is 48.0 Å². The van der Waals surface area contributed by atoms with Gasteiger partial charge in [0.15, 0.2) is 0 Å². The number of ether oxygens (including phenoxy) is 1. The lowest BCUT2D eigenvalue weighted by Crippen LogP contribution is -2.51. The van der Waals surface area contributed by atoms with Gasteiger partial charge >= 0.3 is 0 Å². The highest BCUT2D eigenvalue weighted by atomic mass is 16.5. The molecule has 1 N–H and O–H groups in total. The lowest BCUT2D eigenvalue weighted by atomic mass is 9.32. The van der Waals surface area contributed by atoms with Crippen LogP contribution in [0.1, 0.15) is 40.3 Å². The Kier molecular flexibility index (Phi) is 13.5. The van der Waals surface area contributed by atoms with Crippen molar-refractivity contribution in [3.63, 3.8) is 0 Å². The number of para-hydroxylation sites is 1. The van der Waals surface area contributed by atoms with E-state index in [0.717, 1.165) is 51.9 Å². The van der Waals surface area contributed by atoms with E-state index in [2.05, 4.69) is 265 Å². The maximum atomic E-state index is 7.08. The molecular formula is C71H61BN2O. The fourth-order valence-electron chi connectivity index (χ4n) is 11.0. The van der Waals surface area contributed by atoms with Gasteiger partial charge in [-0.15, -0.1) is 0 Å². The predicted molar refractivity (Wildman–Crippen MR) is 322 cm³/mol. The molecule has 0 amide bonds. The summed E-state index contributed by atoms with van der Waals surface area (Å²) in [5.74, 6) is 1.80. The molecule has 0 saturated heterocycles. The topological polar surface area (TPSA) is 24.5 Å². The number of benzene rings is 10. The Labute approximate surface area is 443 Å². The van der Waals surface area contributed by atoms with Crippen molar-refractivity contribution >= 4 is 56.8 Å². The van der Waals surface area contributed by atoms with Crippen LogP contribution in [0.25, 0.3) is 44.2 Å². The minimum atomic E-state index is 0.0382. The summed E-state index contributed by atoms with van der Waals surface area (Å²) in [5.41, 5.74) is 25.5. The zero-order valence-electron chi connectivity index (χ0n) is 43.8. The number of rotatable bonds is 10. The van der Waals surface area contributed by atoms with Crippen LogP contribution in [-0.2, 0) is 6.42 Å². The number of aryl methyl sites for hydroxylation is 5. The number of allylic oxidation sites excluding steroid dienone is 5. The number of nitrogens with one attached hydrogen (secondary N) is 1. The second kappa shape index (κ2) is 20.9. The van der Waals surface area contributed by atoms with E-state index in [1.165, 1.54) is 93.9 Å². The smallest absolute Gasteiger partial charge is 0.251 e. The fourth-order valence-corrected chi connectivity index (χ4v) is 11.0. The van der Waals surface area contributed by atoms with Gasteiger partial charge in [-0.1, -0.05) is 175 Å². The van der Waals surface area contributed by atoms with Gasteiger partial charge in [-0.3, -0.25) is 0 Å². The third-order valence-electron chi connectivity index (χ3n) is 15.0. The highest BCUT2D eigenvalue weighted by Crippen LogP contribution is 2.43. The van der Waals surface area contributed by atoms with Crippen LogP contribution in [0.3, 0.4) is 0 Å². The Morgan fingerprint density at radius 3 is 1.81 bits per heavy atom. The first kappa shape index (κ1) is 48.4. The minimum Gasteiger partial charge on any atom is -0.458 e. The summed E-state index contributed by atoms with van der Waals surface area (Å²) in [6, 6.07) is 76.3. The molecule has 0 spiro atoms. The van der Waals surface area contributed by atoms with Gasteiger partial charge < -0.3 is 15.0 Å². The molecule has 0 aromatic heterocycles. The van der Waals surface area contributed by atoms with Gasteiger partial charge in [0.05, 0.1) is 0 Å². The van der Waals surface area contributed by atoms with E-state index in [-0.39, 0.29) is 6.71 Å². The van der Waals surface area contributed by atoms with Gasteiger partial charge in [-0.2, -0.15) is 0 Å². The summed E-state index contributed by atoms with van der Waals surface area (Å²) in [7, 11) is 0. The molecule has 0 aliphatic carbocycles. The van der Waals surface area contributed by atoms with Crippen molar-refractivity contribution in [2.24, 2.45) is 0 Å². The van der Waals surface area contributed by atoms with Crippen molar-refractivity contribution in [1.82, 2.24) is 0 Å². The van der Waals surface area contributed by atoms with Gasteiger partial charge in [-0.05, 0) is 203 Å². The minimum absolute atomic E-state index is 0.0382. The normalized spacial score (nSPS) is 12.4. The lowest BCUT2D eigenvalue weighted by molar-refractivity contribution is 0.487. The van der Waals surface area contributed by atoms with Crippen molar-refractivity contribution < 1.29 is 4.74 Å². The molecule has 0 saturated carbocycles. The summed E-state index contributed by atoms with van der Waals surface area (Å²) in [5, 5.41) is 5.93. The van der Waals surface area contributed by atoms with E-state index in [9.17, 15) is 0 Å². The molecule has 0 unspecified atom stereocenters. The zero-order chi connectivity index (χ0) is 51.6. The molecule has 364 valence electrons. The predicted octanol–water partition coefficient (Wildman–Crippen LogP) is 18.2. The number of nitrogens with zero attached hydrogens (tertiary/aromatic N) is 1. The highest BCUT2D eigenvalue weighted by molar-refractivity contribution is 6.93. The Morgan fingerprint density at radius 1 is 0.493 bits per heavy atom. The molecule has 10 aromatic rings. The van der Waals surface area contributed by atoms with Crippen molar-refractivity contribution in [2.75, 3.05) is 10.2 Å². The van der Waals surface area contributed by atoms with Gasteiger partial charge in [0.1, 0.15) is 11.5 Å². The Morgan fingerprint density at radius 2 is 1.11 bits per heavy atom. The fraction of sp³-hybridized carbons (Fsp3) is 0.0986. The lowest BCUT2D eigenvalue weighted by Gasteiger charge is -2.35. The molecule has 2 aliphatic rings. The molecule has 12 rings (SSSR count). The molecule has 0 fully saturated rings. The second-order valence-corrected chi connectivity index (χ2v) is 20.0. The molecule has 2 heterocycles. The first-order chi connectivity index (χ1) is 36.6. The molecule has 10 aromatic carbocycles. The average Bonchev–Trinajstić information content (AvgIpc) is 3.45. The quantitative estimate of drug-likeness (QED) is 0.138. The summed E-state index contributed by atoms with van der Waals surface area (Å²) < 4.78 is 7.08. The van der Waals surface area contributed by atoms with Crippen LogP contribution in [0.15, 0.2) is 248 Å². The molecule has 2 aliphatic heterocycles. The van der Waals surface area contributed by atoms with E-state index in [1.54, 1.807) is 0 Å². The van der Waals surface area contributed by atoms with Crippen LogP contribution < -0.4 is 25.9 Å². The van der Waals surface area contributed by atoms with E-state index < -0.39 is 0 Å². The van der Waals surface area contributed by atoms with Crippen LogP contribution in [-0.4, -0.2) is 6.71 Å². The van der Waals surface area contributed by atoms with E-state index in [1.807, 2.05) is 24.3 Å². The molecule has 0 atom stereocenters. The number of hydrogen-bond donors (Lipinski definition) is 1. The van der Waals surface area contributed by atoms with Gasteiger partial charge in [0, 0.05) is 34.5 Å². The monoisotopic (exact) mass is 968 g/mol. The van der Waals surface area contributed by atoms with Crippen LogP contribution in [0.2, 0.25) is 0 Å². The van der Waals surface area contributed by atoms with Gasteiger partial charge in [0.2, 0.25) is 0 Å². The standard InChI is InChI=1S/C51H42BNO.C20H19N/c1-6-12-47-36(7-2)27-41-29-40(39-21-20-37-14-9-10-15-38(37)28-39)30-50-51(41)52(47)48-26-25-44(32-49(48)54-50)53(42-22-17-33(3)18-23-42)43-24-19-35(5)46(31-43)45-16-11-8-13-34(45)4;1-15-8-6-7-11-19(15)20-14-18(13-12-16(20)2)21-17-9-4-3-5-10-17/h6-26,28-32H,2,27H2,1,3-5H3;3-14,21H,1-2H3/b12-6-;. The zero-order valence-corrected chi connectivity index (χ0v) is 43.8. The van der Waals surface area contributed by atoms with Crippen molar-refractivity contribution in [3.8, 4) is 44.9 Å². The van der Waals surface area contributed by atoms with Crippen LogP contribution in [0.5, 0.6) is 11.5 Å². The van der Waals surface area contributed by atoms with Crippen molar-refractivity contribution in [1.29, 1.82) is 0 Å². The number of hydrogen-bond acceptors (Lipinski definition) is 3. The first-order valence-corrected chi connectivity index (χ1v) is 26.1. The van der Waals surface area contributed by atoms with E-state index in [4.69, 9.17) is 4.74 Å². The number of fused-ring (bicyclic) bond motifs is 3. The molecule has 0 radical (unpaired) electrons. The van der Waals surface area contributed by atoms with Crippen LogP contribution in [0, 0.1) is 34.6 Å². The molecule has 75 heavy (non-hydrogen) atoms. The molecular weight excluding hydrogens is 908 g/mol. The maximum Gasteiger partial charge on any atom is 0.251 e. The summed E-state index contributed by atoms with van der Waals surface area (Å²) >= 11 is 0.